The molecular weight excluding hydrogens is 468 g/mol. The van der Waals surface area contributed by atoms with E-state index in [0.717, 1.165) is 17.7 Å². The van der Waals surface area contributed by atoms with Crippen LogP contribution in [0.1, 0.15) is 55.5 Å². The first kappa shape index (κ1) is 25.0. The zero-order valence-electron chi connectivity index (χ0n) is 21.5. The molecule has 2 aliphatic heterocycles. The Morgan fingerprint density at radius 1 is 0.946 bits per heavy atom. The molecule has 3 aliphatic rings. The lowest BCUT2D eigenvalue weighted by molar-refractivity contribution is -0.141. The van der Waals surface area contributed by atoms with Crippen molar-refractivity contribution in [3.8, 4) is 11.5 Å². The van der Waals surface area contributed by atoms with Gasteiger partial charge in [-0.15, -0.1) is 0 Å². The molecule has 1 aromatic carbocycles. The smallest absolute Gasteiger partial charge is 0.253 e. The Hall–Kier alpha value is -3.68. The molecule has 1 fully saturated rings. The molecule has 2 atom stereocenters. The average molecular weight is 503 g/mol. The van der Waals surface area contributed by atoms with E-state index in [1.165, 1.54) is 0 Å². The normalized spacial score (nSPS) is 21.9. The van der Waals surface area contributed by atoms with E-state index in [4.69, 9.17) is 14.6 Å². The summed E-state index contributed by atoms with van der Waals surface area (Å²) in [7, 11) is 0. The van der Waals surface area contributed by atoms with E-state index in [0.29, 0.717) is 62.6 Å². The quantitative estimate of drug-likeness (QED) is 0.527. The van der Waals surface area contributed by atoms with Gasteiger partial charge >= 0.3 is 0 Å². The molecule has 5 rings (SSSR count). The average Bonchev–Trinajstić information content (AvgIpc) is 2.95. The molecule has 37 heavy (non-hydrogen) atoms. The molecule has 8 heteroatoms. The largest absolute Gasteiger partial charge is 0.490 e. The van der Waals surface area contributed by atoms with Crippen molar-refractivity contribution in [2.75, 3.05) is 26.3 Å². The van der Waals surface area contributed by atoms with E-state index in [1.807, 2.05) is 36.9 Å². The van der Waals surface area contributed by atoms with E-state index in [-0.39, 0.29) is 29.7 Å². The van der Waals surface area contributed by atoms with Crippen molar-refractivity contribution in [3.05, 3.63) is 66.0 Å². The molecule has 194 valence electrons. The molecule has 0 bridgehead atoms. The standard InChI is InChI=1S/C29H34N4O4/c1-3-36-25-10-9-21(19-26(25)37-4-2)27-23-7-5-6-8-24(23)29(35)33(31-27)22-13-17-32(18-14-22)28(34)20-11-15-30-16-12-20/h5-6,9-12,15-16,19,22-24H,3-4,7-8,13-14,17-18H2,1-2H3/t23-,24+/m0/s1. The predicted molar refractivity (Wildman–Crippen MR) is 141 cm³/mol. The van der Waals surface area contributed by atoms with Gasteiger partial charge in [0.2, 0.25) is 5.91 Å². The van der Waals surface area contributed by atoms with Gasteiger partial charge in [0.05, 0.1) is 30.9 Å². The summed E-state index contributed by atoms with van der Waals surface area (Å²) < 4.78 is 11.6. The lowest BCUT2D eigenvalue weighted by Crippen LogP contribution is -2.52. The number of nitrogens with zero attached hydrogens (tertiary/aromatic N) is 4. The van der Waals surface area contributed by atoms with Gasteiger partial charge in [0.1, 0.15) is 0 Å². The van der Waals surface area contributed by atoms with Crippen molar-refractivity contribution in [2.45, 2.75) is 45.6 Å². The number of fused-ring (bicyclic) bond motifs is 1. The van der Waals surface area contributed by atoms with Crippen molar-refractivity contribution in [1.82, 2.24) is 14.9 Å². The third-order valence-electron chi connectivity index (χ3n) is 7.41. The van der Waals surface area contributed by atoms with Crippen LogP contribution < -0.4 is 9.47 Å². The first-order valence-corrected chi connectivity index (χ1v) is 13.3. The van der Waals surface area contributed by atoms with Crippen molar-refractivity contribution in [1.29, 1.82) is 0 Å². The van der Waals surface area contributed by atoms with Crippen LogP contribution in [-0.4, -0.2) is 64.8 Å². The molecule has 0 radical (unpaired) electrons. The number of carbonyl (C=O) groups excluding carboxylic acids is 2. The molecule has 1 saturated heterocycles. The van der Waals surface area contributed by atoms with Gasteiger partial charge < -0.3 is 14.4 Å². The molecule has 0 N–H and O–H groups in total. The van der Waals surface area contributed by atoms with Gasteiger partial charge in [-0.1, -0.05) is 12.2 Å². The van der Waals surface area contributed by atoms with Crippen LogP contribution in [0.15, 0.2) is 60.0 Å². The van der Waals surface area contributed by atoms with Crippen LogP contribution in [0, 0.1) is 11.8 Å². The zero-order chi connectivity index (χ0) is 25.8. The second-order valence-electron chi connectivity index (χ2n) is 9.61. The zero-order valence-corrected chi connectivity index (χ0v) is 21.5. The Kier molecular flexibility index (Phi) is 7.53. The summed E-state index contributed by atoms with van der Waals surface area (Å²) in [5.41, 5.74) is 2.52. The van der Waals surface area contributed by atoms with Crippen molar-refractivity contribution in [3.63, 3.8) is 0 Å². The maximum atomic E-state index is 13.6. The molecule has 2 aromatic rings. The van der Waals surface area contributed by atoms with Gasteiger partial charge in [0.25, 0.3) is 5.91 Å². The Morgan fingerprint density at radius 2 is 1.62 bits per heavy atom. The third-order valence-corrected chi connectivity index (χ3v) is 7.41. The van der Waals surface area contributed by atoms with Crippen molar-refractivity contribution < 1.29 is 19.1 Å². The van der Waals surface area contributed by atoms with E-state index >= 15 is 0 Å². The lowest BCUT2D eigenvalue weighted by Gasteiger charge is -2.42. The van der Waals surface area contributed by atoms with E-state index < -0.39 is 0 Å². The molecule has 0 unspecified atom stereocenters. The monoisotopic (exact) mass is 502 g/mol. The van der Waals surface area contributed by atoms with Crippen LogP contribution in [0.3, 0.4) is 0 Å². The lowest BCUT2D eigenvalue weighted by atomic mass is 9.76. The van der Waals surface area contributed by atoms with Crippen LogP contribution in [0.25, 0.3) is 0 Å². The Bertz CT molecular complexity index is 1190. The molecular formula is C29H34N4O4. The fourth-order valence-corrected chi connectivity index (χ4v) is 5.53. The minimum absolute atomic E-state index is 0.00494. The van der Waals surface area contributed by atoms with Gasteiger partial charge in [-0.2, -0.15) is 5.10 Å². The molecule has 0 spiro atoms. The number of piperidine rings is 1. The highest BCUT2D eigenvalue weighted by atomic mass is 16.5. The van der Waals surface area contributed by atoms with Crippen LogP contribution in [-0.2, 0) is 4.79 Å². The van der Waals surface area contributed by atoms with E-state index in [2.05, 4.69) is 17.1 Å². The number of hydrazone groups is 1. The van der Waals surface area contributed by atoms with Gasteiger partial charge in [-0.25, -0.2) is 5.01 Å². The molecule has 8 nitrogen and oxygen atoms in total. The van der Waals surface area contributed by atoms with Crippen molar-refractivity contribution in [2.24, 2.45) is 16.9 Å². The van der Waals surface area contributed by atoms with Crippen LogP contribution in [0.5, 0.6) is 11.5 Å². The topological polar surface area (TPSA) is 84.3 Å². The number of pyridine rings is 1. The summed E-state index contributed by atoms with van der Waals surface area (Å²) in [6, 6.07) is 9.39. The number of benzene rings is 1. The number of aromatic nitrogens is 1. The van der Waals surface area contributed by atoms with E-state index in [1.54, 1.807) is 29.5 Å². The minimum atomic E-state index is -0.129. The minimum Gasteiger partial charge on any atom is -0.490 e. The fourth-order valence-electron chi connectivity index (χ4n) is 5.53. The summed E-state index contributed by atoms with van der Waals surface area (Å²) in [6.45, 7) is 6.17. The summed E-state index contributed by atoms with van der Waals surface area (Å²) in [5, 5.41) is 6.73. The van der Waals surface area contributed by atoms with Gasteiger partial charge in [-0.05, 0) is 69.9 Å². The first-order valence-electron chi connectivity index (χ1n) is 13.3. The predicted octanol–water partition coefficient (Wildman–Crippen LogP) is 4.31. The number of ether oxygens (including phenoxy) is 2. The van der Waals surface area contributed by atoms with Crippen LogP contribution in [0.4, 0.5) is 0 Å². The summed E-state index contributed by atoms with van der Waals surface area (Å²) in [4.78, 5) is 32.4. The number of likely N-dealkylation sites (tertiary alicyclic amines) is 1. The number of hydrogen-bond acceptors (Lipinski definition) is 6. The Balaban J connectivity index is 1.40. The van der Waals surface area contributed by atoms with Crippen molar-refractivity contribution >= 4 is 17.5 Å². The summed E-state index contributed by atoms with van der Waals surface area (Å²) >= 11 is 0. The highest BCUT2D eigenvalue weighted by molar-refractivity contribution is 6.07. The number of carbonyl (C=O) groups is 2. The van der Waals surface area contributed by atoms with Gasteiger partial charge in [0, 0.05) is 42.5 Å². The second-order valence-corrected chi connectivity index (χ2v) is 9.61. The van der Waals surface area contributed by atoms with Gasteiger partial charge in [-0.3, -0.25) is 14.6 Å². The van der Waals surface area contributed by atoms with Crippen LogP contribution >= 0.6 is 0 Å². The van der Waals surface area contributed by atoms with Crippen LogP contribution in [0.2, 0.25) is 0 Å². The maximum Gasteiger partial charge on any atom is 0.253 e. The number of amides is 2. The third kappa shape index (κ3) is 5.10. The number of hydrogen-bond donors (Lipinski definition) is 0. The summed E-state index contributed by atoms with van der Waals surface area (Å²) in [5.74, 6) is 1.41. The molecule has 3 heterocycles. The molecule has 2 amide bonds. The molecule has 0 saturated carbocycles. The molecule has 1 aromatic heterocycles. The highest BCUT2D eigenvalue weighted by Crippen LogP contribution is 2.38. The van der Waals surface area contributed by atoms with E-state index in [9.17, 15) is 9.59 Å². The maximum absolute atomic E-state index is 13.6. The summed E-state index contributed by atoms with van der Waals surface area (Å²) in [6.07, 6.45) is 10.4. The fraction of sp³-hybridized carbons (Fsp3) is 0.448. The first-order chi connectivity index (χ1) is 18.1. The Morgan fingerprint density at radius 3 is 2.32 bits per heavy atom. The van der Waals surface area contributed by atoms with Gasteiger partial charge in [0.15, 0.2) is 11.5 Å². The SMILES string of the molecule is CCOc1ccc(C2=NN(C3CCN(C(=O)c4ccncc4)CC3)C(=O)[C@@H]3CC=CC[C@H]23)cc1OCC. The molecule has 1 aliphatic carbocycles. The highest BCUT2D eigenvalue weighted by Gasteiger charge is 2.43. The second kappa shape index (κ2) is 11.2. The number of rotatable bonds is 7. The number of allylic oxidation sites excluding steroid dienone is 2. The Labute approximate surface area is 218 Å².